The fraction of sp³-hybridized carbons (Fsp3) is 0.632. The summed E-state index contributed by atoms with van der Waals surface area (Å²) >= 11 is 0. The predicted molar refractivity (Wildman–Crippen MR) is 89.9 cm³/mol. The first-order valence-electron chi connectivity index (χ1n) is 8.69. The summed E-state index contributed by atoms with van der Waals surface area (Å²) in [5, 5.41) is 3.49. The second-order valence-corrected chi connectivity index (χ2v) is 7.10. The lowest BCUT2D eigenvalue weighted by molar-refractivity contribution is -0.131. The number of carbonyl (C=O) groups is 1. The summed E-state index contributed by atoms with van der Waals surface area (Å²) < 4.78 is 0. The molecule has 2 heterocycles. The van der Waals surface area contributed by atoms with Crippen LogP contribution in [0.5, 0.6) is 0 Å². The van der Waals surface area contributed by atoms with Crippen LogP contribution in [0.2, 0.25) is 0 Å². The maximum absolute atomic E-state index is 12.7. The molecule has 0 aromatic heterocycles. The van der Waals surface area contributed by atoms with Gasteiger partial charge in [0.2, 0.25) is 5.91 Å². The molecule has 0 radical (unpaired) electrons. The van der Waals surface area contributed by atoms with Crippen LogP contribution in [0, 0.1) is 18.8 Å². The van der Waals surface area contributed by atoms with Gasteiger partial charge < -0.3 is 10.2 Å². The molecule has 1 aromatic carbocycles. The molecule has 1 N–H and O–H groups in total. The first-order valence-corrected chi connectivity index (χ1v) is 8.69. The lowest BCUT2D eigenvalue weighted by Crippen LogP contribution is -2.33. The molecule has 1 aromatic rings. The molecule has 2 fully saturated rings. The zero-order chi connectivity index (χ0) is 15.5. The van der Waals surface area contributed by atoms with Crippen LogP contribution >= 0.6 is 0 Å². The Bertz CT molecular complexity index is 514. The van der Waals surface area contributed by atoms with Crippen molar-refractivity contribution in [2.45, 2.75) is 39.0 Å². The van der Waals surface area contributed by atoms with E-state index in [1.165, 1.54) is 24.0 Å². The molecular weight excluding hydrogens is 272 g/mol. The number of carbonyl (C=O) groups excluding carboxylic acids is 1. The van der Waals surface area contributed by atoms with E-state index in [0.717, 1.165) is 38.0 Å². The van der Waals surface area contributed by atoms with Crippen LogP contribution in [-0.4, -0.2) is 37.0 Å². The number of nitrogens with one attached hydrogen (secondary N) is 1. The summed E-state index contributed by atoms with van der Waals surface area (Å²) in [6, 6.07) is 8.43. The van der Waals surface area contributed by atoms with Gasteiger partial charge in [-0.05, 0) is 61.7 Å². The monoisotopic (exact) mass is 300 g/mol. The Kier molecular flexibility index (Phi) is 4.82. The number of rotatable bonds is 3. The molecule has 3 heteroatoms. The fourth-order valence-electron chi connectivity index (χ4n) is 4.11. The molecule has 1 unspecified atom stereocenters. The summed E-state index contributed by atoms with van der Waals surface area (Å²) in [5.74, 6) is 2.21. The Morgan fingerprint density at radius 1 is 1.23 bits per heavy atom. The van der Waals surface area contributed by atoms with Gasteiger partial charge in [0.05, 0.1) is 0 Å². The molecule has 0 saturated carbocycles. The van der Waals surface area contributed by atoms with Gasteiger partial charge >= 0.3 is 0 Å². The standard InChI is InChI=1S/C19H28N2O/c1-14-5-3-4-6-18(14)15(2)11-19(22)21-9-7-16-12-20-13-17(16)8-10-21/h3-6,15-17,20H,7-13H2,1-2H3/t15?,16-,17+. The molecule has 0 bridgehead atoms. The van der Waals surface area contributed by atoms with E-state index in [4.69, 9.17) is 0 Å². The topological polar surface area (TPSA) is 32.3 Å². The van der Waals surface area contributed by atoms with Crippen molar-refractivity contribution in [3.05, 3.63) is 35.4 Å². The summed E-state index contributed by atoms with van der Waals surface area (Å²) in [7, 11) is 0. The van der Waals surface area contributed by atoms with Crippen LogP contribution in [0.4, 0.5) is 0 Å². The van der Waals surface area contributed by atoms with Crippen molar-refractivity contribution in [3.63, 3.8) is 0 Å². The third-order valence-corrected chi connectivity index (χ3v) is 5.57. The third kappa shape index (κ3) is 3.35. The smallest absolute Gasteiger partial charge is 0.223 e. The molecule has 3 atom stereocenters. The molecular formula is C19H28N2O. The van der Waals surface area contributed by atoms with Gasteiger partial charge in [-0.15, -0.1) is 0 Å². The van der Waals surface area contributed by atoms with Crippen molar-refractivity contribution in [1.29, 1.82) is 0 Å². The maximum Gasteiger partial charge on any atom is 0.223 e. The van der Waals surface area contributed by atoms with Crippen LogP contribution in [0.1, 0.15) is 43.2 Å². The number of nitrogens with zero attached hydrogens (tertiary/aromatic N) is 1. The normalized spacial score (nSPS) is 26.4. The maximum atomic E-state index is 12.7. The van der Waals surface area contributed by atoms with E-state index in [1.54, 1.807) is 0 Å². The number of hydrogen-bond acceptors (Lipinski definition) is 2. The van der Waals surface area contributed by atoms with E-state index in [0.29, 0.717) is 18.2 Å². The lowest BCUT2D eigenvalue weighted by atomic mass is 9.92. The number of fused-ring (bicyclic) bond motifs is 1. The molecule has 0 spiro atoms. The Hall–Kier alpha value is -1.35. The lowest BCUT2D eigenvalue weighted by Gasteiger charge is -2.23. The van der Waals surface area contributed by atoms with Crippen molar-refractivity contribution in [1.82, 2.24) is 10.2 Å². The number of hydrogen-bond donors (Lipinski definition) is 1. The van der Waals surface area contributed by atoms with Crippen molar-refractivity contribution in [2.24, 2.45) is 11.8 Å². The molecule has 2 saturated heterocycles. The highest BCUT2D eigenvalue weighted by atomic mass is 16.2. The summed E-state index contributed by atoms with van der Waals surface area (Å²) in [6.45, 7) is 8.50. The highest BCUT2D eigenvalue weighted by Gasteiger charge is 2.31. The van der Waals surface area contributed by atoms with E-state index in [9.17, 15) is 4.79 Å². The first kappa shape index (κ1) is 15.5. The molecule has 0 aliphatic carbocycles. The fourth-order valence-corrected chi connectivity index (χ4v) is 4.11. The summed E-state index contributed by atoms with van der Waals surface area (Å²) in [6.07, 6.45) is 2.97. The quantitative estimate of drug-likeness (QED) is 0.931. The molecule has 3 rings (SSSR count). The Morgan fingerprint density at radius 3 is 2.50 bits per heavy atom. The second-order valence-electron chi connectivity index (χ2n) is 7.10. The van der Waals surface area contributed by atoms with Crippen molar-refractivity contribution >= 4 is 5.91 Å². The number of aryl methyl sites for hydroxylation is 1. The summed E-state index contributed by atoms with van der Waals surface area (Å²) in [4.78, 5) is 14.8. The van der Waals surface area contributed by atoms with Gasteiger partial charge in [-0.1, -0.05) is 31.2 Å². The second kappa shape index (κ2) is 6.82. The van der Waals surface area contributed by atoms with Gasteiger partial charge in [0.25, 0.3) is 0 Å². The minimum absolute atomic E-state index is 0.304. The molecule has 1 amide bonds. The van der Waals surface area contributed by atoms with Crippen LogP contribution in [0.25, 0.3) is 0 Å². The van der Waals surface area contributed by atoms with E-state index in [2.05, 4.69) is 48.3 Å². The van der Waals surface area contributed by atoms with E-state index in [1.807, 2.05) is 0 Å². The number of amides is 1. The minimum atomic E-state index is 0.304. The average Bonchev–Trinajstić information content (AvgIpc) is 2.86. The van der Waals surface area contributed by atoms with Crippen molar-refractivity contribution in [3.8, 4) is 0 Å². The van der Waals surface area contributed by atoms with Crippen LogP contribution in [-0.2, 0) is 4.79 Å². The van der Waals surface area contributed by atoms with Crippen LogP contribution < -0.4 is 5.32 Å². The molecule has 2 aliphatic heterocycles. The summed E-state index contributed by atoms with van der Waals surface area (Å²) in [5.41, 5.74) is 2.60. The Labute approximate surface area is 134 Å². The largest absolute Gasteiger partial charge is 0.343 e. The van der Waals surface area contributed by atoms with Crippen LogP contribution in [0.3, 0.4) is 0 Å². The first-order chi connectivity index (χ1) is 10.6. The molecule has 3 nitrogen and oxygen atoms in total. The zero-order valence-electron chi connectivity index (χ0n) is 13.8. The van der Waals surface area contributed by atoms with E-state index < -0.39 is 0 Å². The van der Waals surface area contributed by atoms with Crippen LogP contribution in [0.15, 0.2) is 24.3 Å². The number of benzene rings is 1. The Morgan fingerprint density at radius 2 is 1.86 bits per heavy atom. The minimum Gasteiger partial charge on any atom is -0.343 e. The van der Waals surface area contributed by atoms with Gasteiger partial charge in [-0.3, -0.25) is 4.79 Å². The van der Waals surface area contributed by atoms with Crippen molar-refractivity contribution < 1.29 is 4.79 Å². The van der Waals surface area contributed by atoms with Gasteiger partial charge in [-0.2, -0.15) is 0 Å². The molecule has 120 valence electrons. The third-order valence-electron chi connectivity index (χ3n) is 5.57. The molecule has 22 heavy (non-hydrogen) atoms. The van der Waals surface area contributed by atoms with Gasteiger partial charge in [0.1, 0.15) is 0 Å². The van der Waals surface area contributed by atoms with Gasteiger partial charge in [0, 0.05) is 19.5 Å². The van der Waals surface area contributed by atoms with E-state index in [-0.39, 0.29) is 0 Å². The highest BCUT2D eigenvalue weighted by Crippen LogP contribution is 2.28. The average molecular weight is 300 g/mol. The highest BCUT2D eigenvalue weighted by molar-refractivity contribution is 5.77. The van der Waals surface area contributed by atoms with Gasteiger partial charge in [0.15, 0.2) is 0 Å². The number of likely N-dealkylation sites (tertiary alicyclic amines) is 1. The Balaban J connectivity index is 1.58. The zero-order valence-corrected chi connectivity index (χ0v) is 13.8. The molecule has 2 aliphatic rings. The van der Waals surface area contributed by atoms with E-state index >= 15 is 0 Å². The van der Waals surface area contributed by atoms with Gasteiger partial charge in [-0.25, -0.2) is 0 Å². The predicted octanol–water partition coefficient (Wildman–Crippen LogP) is 2.95. The SMILES string of the molecule is Cc1ccccc1C(C)CC(=O)N1CC[C@@H]2CNC[C@@H]2CC1. The van der Waals surface area contributed by atoms with Crippen molar-refractivity contribution in [2.75, 3.05) is 26.2 Å².